The zero-order valence-corrected chi connectivity index (χ0v) is 28.7. The molecule has 8 nitrogen and oxygen atoms in total. The minimum atomic E-state index is -3.74. The first-order valence-corrected chi connectivity index (χ1v) is 18.6. The number of hydrogen-bond donors (Lipinski definition) is 0. The number of hydrogen-bond acceptors (Lipinski definition) is 7. The lowest BCUT2D eigenvalue weighted by Crippen LogP contribution is -2.79. The molecule has 2 heterocycles. The minimum absolute atomic E-state index is 0.0674. The molecule has 47 heavy (non-hydrogen) atoms. The highest BCUT2D eigenvalue weighted by molar-refractivity contribution is 7.88. The summed E-state index contributed by atoms with van der Waals surface area (Å²) in [5.74, 6) is 1.02. The molecule has 2 unspecified atom stereocenters. The van der Waals surface area contributed by atoms with E-state index in [2.05, 4.69) is 49.1 Å². The Bertz CT molecular complexity index is 1730. The van der Waals surface area contributed by atoms with Crippen molar-refractivity contribution in [1.82, 2.24) is 9.21 Å². The van der Waals surface area contributed by atoms with E-state index in [9.17, 15) is 13.2 Å². The van der Waals surface area contributed by atoms with Crippen LogP contribution >= 0.6 is 0 Å². The third-order valence-corrected chi connectivity index (χ3v) is 12.9. The van der Waals surface area contributed by atoms with Crippen LogP contribution in [0.25, 0.3) is 0 Å². The molecule has 1 spiro atoms. The van der Waals surface area contributed by atoms with Crippen molar-refractivity contribution in [2.75, 3.05) is 26.7 Å². The van der Waals surface area contributed by atoms with Crippen molar-refractivity contribution in [1.29, 1.82) is 0 Å². The highest BCUT2D eigenvalue weighted by Gasteiger charge is 2.76. The highest BCUT2D eigenvalue weighted by Crippen LogP contribution is 2.67. The second-order valence-corrected chi connectivity index (χ2v) is 16.1. The number of likely N-dealkylation sites (tertiary alicyclic amines) is 1. The van der Waals surface area contributed by atoms with Crippen LogP contribution < -0.4 is 9.47 Å². The van der Waals surface area contributed by atoms with Gasteiger partial charge in [-0.25, -0.2) is 8.42 Å². The van der Waals surface area contributed by atoms with E-state index < -0.39 is 33.2 Å². The molecule has 3 aromatic rings. The Morgan fingerprint density at radius 2 is 1.72 bits per heavy atom. The molecule has 5 atom stereocenters. The van der Waals surface area contributed by atoms with Crippen LogP contribution in [-0.2, 0) is 43.6 Å². The molecule has 4 aliphatic rings. The number of benzene rings is 3. The van der Waals surface area contributed by atoms with E-state index >= 15 is 0 Å². The standard InChI is InChI=1S/C38H46N2O6S/c1-26(2)24-40(47(42,43)25-29-13-9-6-10-14-29)31-17-19-38(46-27(3)41)33-23-30-15-16-32(44-4)35-34(30)37(38,36(31)45-35)20-22-39(33)21-18-28-11-7-5-8-12-28/h5-16,26,31,33,36H,17-25H2,1-4H3/t31?,33-,36?,37+,38-/m1/s1. The number of methoxy groups -OCH3 is 1. The van der Waals surface area contributed by atoms with E-state index in [1.54, 1.807) is 11.4 Å². The Kier molecular flexibility index (Phi) is 8.38. The molecule has 0 aromatic heterocycles. The molecule has 7 rings (SSSR count). The van der Waals surface area contributed by atoms with Gasteiger partial charge in [-0.2, -0.15) is 4.31 Å². The molecule has 2 fully saturated rings. The Labute approximate surface area is 279 Å². The molecular weight excluding hydrogens is 612 g/mol. The Balaban J connectivity index is 1.35. The van der Waals surface area contributed by atoms with Gasteiger partial charge in [0.05, 0.1) is 30.4 Å². The first-order valence-electron chi connectivity index (χ1n) is 17.0. The second kappa shape index (κ2) is 12.2. The van der Waals surface area contributed by atoms with Gasteiger partial charge < -0.3 is 14.2 Å². The van der Waals surface area contributed by atoms with Crippen LogP contribution in [0.2, 0.25) is 0 Å². The van der Waals surface area contributed by atoms with Gasteiger partial charge in [-0.15, -0.1) is 0 Å². The first-order chi connectivity index (χ1) is 22.6. The smallest absolute Gasteiger partial charge is 0.303 e. The average molecular weight is 659 g/mol. The molecule has 2 aliphatic heterocycles. The largest absolute Gasteiger partial charge is 0.493 e. The second-order valence-electron chi connectivity index (χ2n) is 14.2. The number of ether oxygens (including phenoxy) is 3. The van der Waals surface area contributed by atoms with Crippen molar-refractivity contribution >= 4 is 16.0 Å². The minimum Gasteiger partial charge on any atom is -0.493 e. The number of nitrogens with zero attached hydrogens (tertiary/aromatic N) is 2. The maximum absolute atomic E-state index is 14.4. The van der Waals surface area contributed by atoms with Crippen LogP contribution in [-0.4, -0.2) is 74.1 Å². The quantitative estimate of drug-likeness (QED) is 0.251. The average Bonchev–Trinajstić information content (AvgIpc) is 3.39. The normalized spacial score (nSPS) is 27.7. The van der Waals surface area contributed by atoms with Crippen molar-refractivity contribution in [2.24, 2.45) is 5.92 Å². The van der Waals surface area contributed by atoms with Gasteiger partial charge >= 0.3 is 5.97 Å². The lowest BCUT2D eigenvalue weighted by Gasteiger charge is -2.65. The van der Waals surface area contributed by atoms with E-state index in [-0.39, 0.29) is 23.7 Å². The molecule has 0 radical (unpaired) electrons. The van der Waals surface area contributed by atoms with Crippen molar-refractivity contribution in [3.63, 3.8) is 0 Å². The van der Waals surface area contributed by atoms with E-state index in [1.165, 1.54) is 18.1 Å². The fourth-order valence-electron chi connectivity index (χ4n) is 9.35. The van der Waals surface area contributed by atoms with Crippen LogP contribution in [0.5, 0.6) is 11.5 Å². The van der Waals surface area contributed by atoms with Gasteiger partial charge in [-0.1, -0.05) is 80.6 Å². The van der Waals surface area contributed by atoms with Gasteiger partial charge in [0, 0.05) is 25.6 Å². The fraction of sp³-hybridized carbons (Fsp3) is 0.500. The van der Waals surface area contributed by atoms with E-state index in [4.69, 9.17) is 14.2 Å². The van der Waals surface area contributed by atoms with Gasteiger partial charge in [0.1, 0.15) is 11.7 Å². The first kappa shape index (κ1) is 32.2. The third-order valence-electron chi connectivity index (χ3n) is 11.0. The molecule has 1 saturated carbocycles. The van der Waals surface area contributed by atoms with Crippen LogP contribution in [0.15, 0.2) is 72.8 Å². The Morgan fingerprint density at radius 1 is 1.02 bits per heavy atom. The zero-order valence-electron chi connectivity index (χ0n) is 27.9. The van der Waals surface area contributed by atoms with Crippen molar-refractivity contribution in [3.05, 3.63) is 95.1 Å². The van der Waals surface area contributed by atoms with Gasteiger partial charge in [-0.05, 0) is 67.3 Å². The summed E-state index contributed by atoms with van der Waals surface area (Å²) in [7, 11) is -2.10. The van der Waals surface area contributed by atoms with Crippen molar-refractivity contribution in [2.45, 2.75) is 87.8 Å². The molecule has 9 heteroatoms. The number of carbonyl (C=O) groups excluding carboxylic acids is 1. The van der Waals surface area contributed by atoms with Crippen LogP contribution in [0.3, 0.4) is 0 Å². The highest BCUT2D eigenvalue weighted by atomic mass is 32.2. The SMILES string of the molecule is COc1ccc2c3c1OC1C(N(CC(C)C)S(=O)(=O)Cc4ccccc4)CC[C@@]4(OC(C)=O)[C@@H](C2)N(CCc2ccccc2)CC[C@]314. The number of rotatable bonds is 11. The van der Waals surface area contributed by atoms with Gasteiger partial charge in [0.15, 0.2) is 11.5 Å². The van der Waals surface area contributed by atoms with Gasteiger partial charge in [0.2, 0.25) is 10.0 Å². The monoisotopic (exact) mass is 658 g/mol. The topological polar surface area (TPSA) is 85.4 Å². The summed E-state index contributed by atoms with van der Waals surface area (Å²) in [6.07, 6.45) is 2.84. The van der Waals surface area contributed by atoms with Gasteiger partial charge in [0.25, 0.3) is 0 Å². The third kappa shape index (κ3) is 5.25. The van der Waals surface area contributed by atoms with E-state index in [1.807, 2.05) is 42.5 Å². The zero-order chi connectivity index (χ0) is 33.0. The summed E-state index contributed by atoms with van der Waals surface area (Å²) < 4.78 is 50.2. The molecule has 2 bridgehead atoms. The van der Waals surface area contributed by atoms with Crippen molar-refractivity contribution < 1.29 is 27.4 Å². The molecule has 2 aliphatic carbocycles. The maximum atomic E-state index is 14.4. The maximum Gasteiger partial charge on any atom is 0.303 e. The number of sulfonamides is 1. The van der Waals surface area contributed by atoms with Gasteiger partial charge in [-0.3, -0.25) is 9.69 Å². The Morgan fingerprint density at radius 3 is 2.38 bits per heavy atom. The lowest BCUT2D eigenvalue weighted by molar-refractivity contribution is -0.221. The number of carbonyl (C=O) groups is 1. The summed E-state index contributed by atoms with van der Waals surface area (Å²) in [6, 6.07) is 23.5. The predicted molar refractivity (Wildman–Crippen MR) is 181 cm³/mol. The molecular formula is C38H46N2O6S. The summed E-state index contributed by atoms with van der Waals surface area (Å²) in [4.78, 5) is 15.7. The van der Waals surface area contributed by atoms with Crippen LogP contribution in [0.1, 0.15) is 62.3 Å². The molecule has 0 amide bonds. The summed E-state index contributed by atoms with van der Waals surface area (Å²) in [5.41, 5.74) is 2.67. The summed E-state index contributed by atoms with van der Waals surface area (Å²) in [6.45, 7) is 7.63. The van der Waals surface area contributed by atoms with E-state index in [0.717, 1.165) is 37.1 Å². The number of esters is 1. The molecule has 3 aromatic carbocycles. The predicted octanol–water partition coefficient (Wildman–Crippen LogP) is 5.52. The lowest BCUT2D eigenvalue weighted by atomic mass is 9.48. The summed E-state index contributed by atoms with van der Waals surface area (Å²) in [5, 5.41) is 0. The number of piperidine rings is 1. The van der Waals surface area contributed by atoms with Crippen LogP contribution in [0, 0.1) is 5.92 Å². The molecule has 250 valence electrons. The Hall–Kier alpha value is -3.40. The fourth-order valence-corrected chi connectivity index (χ4v) is 11.3. The molecule has 0 N–H and O–H groups in total. The summed E-state index contributed by atoms with van der Waals surface area (Å²) >= 11 is 0. The van der Waals surface area contributed by atoms with Crippen LogP contribution in [0.4, 0.5) is 0 Å². The molecule has 1 saturated heterocycles. The van der Waals surface area contributed by atoms with E-state index in [0.29, 0.717) is 37.3 Å². The van der Waals surface area contributed by atoms with Crippen molar-refractivity contribution in [3.8, 4) is 11.5 Å².